The highest BCUT2D eigenvalue weighted by Gasteiger charge is 2.19. The number of hydrogen-bond acceptors (Lipinski definition) is 6. The van der Waals surface area contributed by atoms with Gasteiger partial charge in [0.1, 0.15) is 35.8 Å². The van der Waals surface area contributed by atoms with E-state index in [-0.39, 0.29) is 23.6 Å². The maximum absolute atomic E-state index is 14.3. The molecule has 132 valence electrons. The van der Waals surface area contributed by atoms with Crippen molar-refractivity contribution in [3.8, 4) is 23.3 Å². The number of nitriles is 1. The first-order chi connectivity index (χ1) is 13.2. The molecule has 1 aliphatic rings. The second-order valence-electron chi connectivity index (χ2n) is 5.62. The van der Waals surface area contributed by atoms with Crippen molar-refractivity contribution < 1.29 is 18.7 Å². The van der Waals surface area contributed by atoms with Crippen LogP contribution in [0.25, 0.3) is 11.8 Å². The Morgan fingerprint density at radius 3 is 2.81 bits per heavy atom. The van der Waals surface area contributed by atoms with Crippen LogP contribution < -0.4 is 9.47 Å². The molecule has 7 nitrogen and oxygen atoms in total. The Labute approximate surface area is 152 Å². The van der Waals surface area contributed by atoms with Crippen LogP contribution in [0.15, 0.2) is 54.6 Å². The van der Waals surface area contributed by atoms with Crippen molar-refractivity contribution in [1.82, 2.24) is 14.8 Å². The van der Waals surface area contributed by atoms with E-state index in [1.54, 1.807) is 18.2 Å². The number of hydrogen-bond donors (Lipinski definition) is 0. The van der Waals surface area contributed by atoms with Crippen molar-refractivity contribution in [1.29, 1.82) is 5.26 Å². The van der Waals surface area contributed by atoms with E-state index in [1.165, 1.54) is 41.6 Å². The summed E-state index contributed by atoms with van der Waals surface area (Å²) in [7, 11) is 0. The summed E-state index contributed by atoms with van der Waals surface area (Å²) in [6, 6.07) is 10.9. The van der Waals surface area contributed by atoms with Gasteiger partial charge in [-0.25, -0.2) is 14.1 Å². The molecule has 0 unspecified atom stereocenters. The Balaban J connectivity index is 1.64. The maximum atomic E-state index is 14.3. The summed E-state index contributed by atoms with van der Waals surface area (Å²) < 4.78 is 26.1. The fraction of sp³-hybridized carbons (Fsp3) is 0.0526. The molecule has 1 aromatic heterocycles. The highest BCUT2D eigenvalue weighted by molar-refractivity contribution is 6.14. The number of carbonyl (C=O) groups excluding carboxylic acids is 1. The number of nitrogens with zero attached hydrogens (tertiary/aromatic N) is 4. The second kappa shape index (κ2) is 6.72. The van der Waals surface area contributed by atoms with Crippen LogP contribution in [0.1, 0.15) is 15.9 Å². The van der Waals surface area contributed by atoms with Gasteiger partial charge in [-0.1, -0.05) is 6.07 Å². The summed E-state index contributed by atoms with van der Waals surface area (Å²) in [5.74, 6) is -0.0557. The third kappa shape index (κ3) is 3.14. The van der Waals surface area contributed by atoms with Gasteiger partial charge in [0.05, 0.1) is 0 Å². The summed E-state index contributed by atoms with van der Waals surface area (Å²) in [5.41, 5.74) is 0.751. The Bertz CT molecular complexity index is 1100. The topological polar surface area (TPSA) is 90.0 Å². The Hall–Kier alpha value is -3.99. The summed E-state index contributed by atoms with van der Waals surface area (Å²) >= 11 is 0. The van der Waals surface area contributed by atoms with Crippen LogP contribution in [0.4, 0.5) is 4.39 Å². The molecule has 0 amide bonds. The lowest BCUT2D eigenvalue weighted by atomic mass is 10.0. The van der Waals surface area contributed by atoms with E-state index < -0.39 is 11.6 Å². The lowest BCUT2D eigenvalue weighted by Gasteiger charge is -2.05. The fourth-order valence-corrected chi connectivity index (χ4v) is 2.64. The standard InChI is InChI=1S/C19H11FN4O3/c20-15-6-12(1-3-16(15)24-10-22-9-23-24)5-14(8-21)19(25)13-2-4-17-18(7-13)27-11-26-17/h1-7,9-10H,11H2/b14-5-. The van der Waals surface area contributed by atoms with Crippen LogP contribution in [0.2, 0.25) is 0 Å². The highest BCUT2D eigenvalue weighted by Crippen LogP contribution is 2.33. The number of allylic oxidation sites excluding steroid dienone is 1. The van der Waals surface area contributed by atoms with Crippen molar-refractivity contribution in [3.05, 3.63) is 71.6 Å². The van der Waals surface area contributed by atoms with Crippen LogP contribution in [0, 0.1) is 17.1 Å². The molecule has 0 atom stereocenters. The Morgan fingerprint density at radius 1 is 1.22 bits per heavy atom. The van der Waals surface area contributed by atoms with Crippen LogP contribution in [0.3, 0.4) is 0 Å². The number of benzene rings is 2. The molecule has 0 saturated heterocycles. The maximum Gasteiger partial charge on any atom is 0.231 e. The van der Waals surface area contributed by atoms with E-state index >= 15 is 0 Å². The average Bonchev–Trinajstić information content (AvgIpc) is 3.36. The monoisotopic (exact) mass is 362 g/mol. The van der Waals surface area contributed by atoms with E-state index in [1.807, 2.05) is 6.07 Å². The molecule has 3 aromatic rings. The predicted octanol–water partition coefficient (Wildman–Crippen LogP) is 2.92. The van der Waals surface area contributed by atoms with Crippen LogP contribution >= 0.6 is 0 Å². The van der Waals surface area contributed by atoms with E-state index in [9.17, 15) is 14.4 Å². The Kier molecular flexibility index (Phi) is 4.10. The quantitative estimate of drug-likeness (QED) is 0.403. The van der Waals surface area contributed by atoms with Crippen molar-refractivity contribution in [2.45, 2.75) is 0 Å². The van der Waals surface area contributed by atoms with Crippen molar-refractivity contribution in [2.24, 2.45) is 0 Å². The molecule has 0 radical (unpaired) electrons. The molecule has 2 heterocycles. The van der Waals surface area contributed by atoms with Gasteiger partial charge < -0.3 is 9.47 Å². The largest absolute Gasteiger partial charge is 0.454 e. The first kappa shape index (κ1) is 16.5. The minimum absolute atomic E-state index is 0.0886. The molecular weight excluding hydrogens is 351 g/mol. The zero-order valence-corrected chi connectivity index (χ0v) is 13.8. The number of rotatable bonds is 4. The van der Waals surface area contributed by atoms with E-state index in [2.05, 4.69) is 10.1 Å². The van der Waals surface area contributed by atoms with Gasteiger partial charge in [-0.05, 0) is 42.0 Å². The van der Waals surface area contributed by atoms with Gasteiger partial charge in [0.2, 0.25) is 12.6 Å². The Morgan fingerprint density at radius 2 is 2.07 bits per heavy atom. The molecule has 27 heavy (non-hydrogen) atoms. The SMILES string of the molecule is N#C/C(=C/c1ccc(-n2cncn2)c(F)c1)C(=O)c1ccc2c(c1)OCO2. The molecule has 2 aromatic carbocycles. The van der Waals surface area contributed by atoms with Crippen molar-refractivity contribution >= 4 is 11.9 Å². The molecule has 4 rings (SSSR count). The number of ether oxygens (including phenoxy) is 2. The van der Waals surface area contributed by atoms with Gasteiger partial charge in [0.15, 0.2) is 11.5 Å². The van der Waals surface area contributed by atoms with Crippen molar-refractivity contribution in [3.63, 3.8) is 0 Å². The number of carbonyl (C=O) groups is 1. The van der Waals surface area contributed by atoms with Gasteiger partial charge in [-0.2, -0.15) is 10.4 Å². The minimum Gasteiger partial charge on any atom is -0.454 e. The number of ketones is 1. The second-order valence-corrected chi connectivity index (χ2v) is 5.62. The van der Waals surface area contributed by atoms with Gasteiger partial charge in [0, 0.05) is 5.56 Å². The lowest BCUT2D eigenvalue weighted by molar-refractivity contribution is 0.103. The van der Waals surface area contributed by atoms with Crippen LogP contribution in [0.5, 0.6) is 11.5 Å². The average molecular weight is 362 g/mol. The molecule has 0 saturated carbocycles. The summed E-state index contributed by atoms with van der Waals surface area (Å²) in [4.78, 5) is 16.4. The number of aromatic nitrogens is 3. The highest BCUT2D eigenvalue weighted by atomic mass is 19.1. The number of fused-ring (bicyclic) bond motifs is 1. The summed E-state index contributed by atoms with van der Waals surface area (Å²) in [6.07, 6.45) is 4.00. The predicted molar refractivity (Wildman–Crippen MR) is 91.8 cm³/mol. The summed E-state index contributed by atoms with van der Waals surface area (Å²) in [5, 5.41) is 13.2. The molecule has 0 bridgehead atoms. The van der Waals surface area contributed by atoms with Crippen LogP contribution in [-0.2, 0) is 0 Å². The number of halogens is 1. The smallest absolute Gasteiger partial charge is 0.231 e. The summed E-state index contributed by atoms with van der Waals surface area (Å²) in [6.45, 7) is 0.0886. The van der Waals surface area contributed by atoms with Gasteiger partial charge >= 0.3 is 0 Å². The zero-order chi connectivity index (χ0) is 18.8. The number of Topliss-reactive ketones (excluding diaryl/α,β-unsaturated/α-hetero) is 1. The molecule has 0 N–H and O–H groups in total. The third-order valence-electron chi connectivity index (χ3n) is 3.95. The van der Waals surface area contributed by atoms with E-state index in [0.717, 1.165) is 0 Å². The first-order valence-corrected chi connectivity index (χ1v) is 7.86. The molecule has 0 aliphatic carbocycles. The fourth-order valence-electron chi connectivity index (χ4n) is 2.64. The first-order valence-electron chi connectivity index (χ1n) is 7.86. The van der Waals surface area contributed by atoms with E-state index in [0.29, 0.717) is 17.1 Å². The third-order valence-corrected chi connectivity index (χ3v) is 3.95. The molecule has 0 spiro atoms. The molecule has 8 heteroatoms. The van der Waals surface area contributed by atoms with Crippen LogP contribution in [-0.4, -0.2) is 27.3 Å². The van der Waals surface area contributed by atoms with Gasteiger partial charge in [-0.3, -0.25) is 4.79 Å². The zero-order valence-electron chi connectivity index (χ0n) is 13.8. The molecule has 0 fully saturated rings. The molecular formula is C19H11FN4O3. The van der Waals surface area contributed by atoms with Gasteiger partial charge in [-0.15, -0.1) is 0 Å². The molecule has 1 aliphatic heterocycles. The normalized spacial score (nSPS) is 12.7. The van der Waals surface area contributed by atoms with E-state index in [4.69, 9.17) is 9.47 Å². The lowest BCUT2D eigenvalue weighted by Crippen LogP contribution is -2.02. The van der Waals surface area contributed by atoms with Crippen molar-refractivity contribution in [2.75, 3.05) is 6.79 Å². The van der Waals surface area contributed by atoms with Gasteiger partial charge in [0.25, 0.3) is 0 Å². The minimum atomic E-state index is -0.554.